The zero-order chi connectivity index (χ0) is 24.9. The fourth-order valence-corrected chi connectivity index (χ4v) is 4.14. The summed E-state index contributed by atoms with van der Waals surface area (Å²) in [5.74, 6) is -2.09. The van der Waals surface area contributed by atoms with E-state index < -0.39 is 30.1 Å². The van der Waals surface area contributed by atoms with Crippen LogP contribution in [0.25, 0.3) is 11.1 Å². The second kappa shape index (κ2) is 10.4. The molecular weight excluding hydrogens is 450 g/mol. The molecule has 9 heteroatoms. The molecule has 35 heavy (non-hydrogen) atoms. The normalized spacial score (nSPS) is 13.8. The van der Waals surface area contributed by atoms with E-state index in [1.54, 1.807) is 0 Å². The number of aliphatic carboxylic acids is 1. The topological polar surface area (TPSA) is 138 Å². The summed E-state index contributed by atoms with van der Waals surface area (Å²) in [5.41, 5.74) is 5.03. The summed E-state index contributed by atoms with van der Waals surface area (Å²) >= 11 is 0. The highest BCUT2D eigenvalue weighted by Gasteiger charge is 2.29. The molecule has 0 saturated carbocycles. The number of aliphatic hydroxyl groups excluding tert-OH is 1. The highest BCUT2D eigenvalue weighted by atomic mass is 16.5. The van der Waals surface area contributed by atoms with Gasteiger partial charge in [-0.1, -0.05) is 48.5 Å². The molecular formula is C26H25N3O6. The minimum Gasteiger partial charge on any atom is -0.480 e. The number of alkyl carbamates (subject to hydrolysis) is 1. The molecule has 0 bridgehead atoms. The summed E-state index contributed by atoms with van der Waals surface area (Å²) in [4.78, 5) is 40.1. The molecule has 180 valence electrons. The van der Waals surface area contributed by atoms with E-state index in [0.29, 0.717) is 5.69 Å². The van der Waals surface area contributed by atoms with E-state index in [0.717, 1.165) is 22.3 Å². The predicted molar refractivity (Wildman–Crippen MR) is 127 cm³/mol. The van der Waals surface area contributed by atoms with Gasteiger partial charge in [0, 0.05) is 17.7 Å². The molecule has 1 aromatic heterocycles. The van der Waals surface area contributed by atoms with E-state index in [1.165, 1.54) is 25.3 Å². The number of amides is 2. The summed E-state index contributed by atoms with van der Waals surface area (Å²) in [5, 5.41) is 23.6. The number of ether oxygens (including phenoxy) is 1. The van der Waals surface area contributed by atoms with Gasteiger partial charge in [-0.05, 0) is 41.3 Å². The average Bonchev–Trinajstić information content (AvgIpc) is 3.18. The Morgan fingerprint density at radius 1 is 1.03 bits per heavy atom. The van der Waals surface area contributed by atoms with Crippen LogP contribution in [0.1, 0.15) is 40.0 Å². The number of nitrogens with one attached hydrogen (secondary N) is 2. The van der Waals surface area contributed by atoms with Crippen molar-refractivity contribution in [3.05, 3.63) is 89.2 Å². The molecule has 2 amide bonds. The van der Waals surface area contributed by atoms with Gasteiger partial charge >= 0.3 is 12.1 Å². The van der Waals surface area contributed by atoms with Crippen LogP contribution in [0.2, 0.25) is 0 Å². The number of nitrogens with zero attached hydrogens (tertiary/aromatic N) is 1. The molecule has 0 fully saturated rings. The van der Waals surface area contributed by atoms with Crippen molar-refractivity contribution in [2.75, 3.05) is 6.61 Å². The third-order valence-corrected chi connectivity index (χ3v) is 5.87. The van der Waals surface area contributed by atoms with E-state index in [-0.39, 0.29) is 24.6 Å². The van der Waals surface area contributed by atoms with Crippen molar-refractivity contribution in [2.24, 2.45) is 0 Å². The van der Waals surface area contributed by atoms with Gasteiger partial charge in [0.05, 0.1) is 18.3 Å². The minimum absolute atomic E-state index is 0.0105. The Balaban J connectivity index is 1.34. The minimum atomic E-state index is -1.45. The van der Waals surface area contributed by atoms with Crippen molar-refractivity contribution in [3.63, 3.8) is 0 Å². The fraction of sp³-hybridized carbons (Fsp3) is 0.231. The quantitative estimate of drug-likeness (QED) is 0.393. The number of carbonyl (C=O) groups excluding carboxylic acids is 2. The lowest BCUT2D eigenvalue weighted by molar-refractivity contribution is -0.141. The molecule has 4 N–H and O–H groups in total. The molecule has 3 aromatic rings. The second-order valence-corrected chi connectivity index (χ2v) is 8.24. The van der Waals surface area contributed by atoms with Gasteiger partial charge < -0.3 is 25.6 Å². The average molecular weight is 476 g/mol. The van der Waals surface area contributed by atoms with Crippen LogP contribution >= 0.6 is 0 Å². The Hall–Kier alpha value is -4.24. The fourth-order valence-electron chi connectivity index (χ4n) is 4.14. The molecule has 0 radical (unpaired) electrons. The van der Waals surface area contributed by atoms with Gasteiger partial charge in [-0.3, -0.25) is 9.78 Å². The number of fused-ring (bicyclic) bond motifs is 3. The maximum absolute atomic E-state index is 12.4. The van der Waals surface area contributed by atoms with Crippen LogP contribution in [0, 0.1) is 0 Å². The van der Waals surface area contributed by atoms with Crippen LogP contribution in [-0.2, 0) is 16.1 Å². The van der Waals surface area contributed by atoms with Gasteiger partial charge in [-0.2, -0.15) is 0 Å². The maximum atomic E-state index is 12.4. The largest absolute Gasteiger partial charge is 0.480 e. The predicted octanol–water partition coefficient (Wildman–Crippen LogP) is 2.68. The number of hydrogen-bond acceptors (Lipinski definition) is 6. The number of benzene rings is 2. The number of hydrogen-bond donors (Lipinski definition) is 4. The van der Waals surface area contributed by atoms with E-state index in [1.807, 2.05) is 36.4 Å². The third kappa shape index (κ3) is 5.30. The van der Waals surface area contributed by atoms with Gasteiger partial charge in [-0.25, -0.2) is 9.59 Å². The van der Waals surface area contributed by atoms with Crippen LogP contribution in [0.5, 0.6) is 0 Å². The molecule has 1 aliphatic carbocycles. The smallest absolute Gasteiger partial charge is 0.407 e. The Morgan fingerprint density at radius 3 is 2.26 bits per heavy atom. The second-order valence-electron chi connectivity index (χ2n) is 8.24. The molecule has 4 rings (SSSR count). The number of carboxylic acids is 1. The first-order chi connectivity index (χ1) is 16.8. The van der Waals surface area contributed by atoms with Crippen LogP contribution in [-0.4, -0.2) is 51.9 Å². The van der Waals surface area contributed by atoms with Crippen molar-refractivity contribution in [1.29, 1.82) is 0 Å². The Morgan fingerprint density at radius 2 is 1.66 bits per heavy atom. The molecule has 2 atom stereocenters. The van der Waals surface area contributed by atoms with Gasteiger partial charge in [0.15, 0.2) is 6.04 Å². The molecule has 0 spiro atoms. The number of pyridine rings is 1. The summed E-state index contributed by atoms with van der Waals surface area (Å²) in [6.07, 6.45) is -0.515. The van der Waals surface area contributed by atoms with E-state index in [9.17, 15) is 19.5 Å². The number of carbonyl (C=O) groups is 3. The number of rotatable bonds is 8. The lowest BCUT2D eigenvalue weighted by Crippen LogP contribution is -2.47. The monoisotopic (exact) mass is 475 g/mol. The number of carboxylic acid groups (broad SMARTS) is 1. The lowest BCUT2D eigenvalue weighted by atomic mass is 9.98. The molecule has 9 nitrogen and oxygen atoms in total. The molecule has 1 heterocycles. The SMILES string of the molecule is CC(O)C(NC(=O)c1ccnc(CNC(=O)OCC2c3ccccc3-c3ccccc32)c1)C(=O)O. The van der Waals surface area contributed by atoms with Crippen molar-refractivity contribution >= 4 is 18.0 Å². The zero-order valence-electron chi connectivity index (χ0n) is 19.0. The molecule has 0 aliphatic heterocycles. The van der Waals surface area contributed by atoms with E-state index >= 15 is 0 Å². The Labute approximate surface area is 201 Å². The summed E-state index contributed by atoms with van der Waals surface area (Å²) in [6, 6.07) is 17.5. The highest BCUT2D eigenvalue weighted by Crippen LogP contribution is 2.44. The Kier molecular flexibility index (Phi) is 7.07. The van der Waals surface area contributed by atoms with Gasteiger partial charge in [0.2, 0.25) is 0 Å². The van der Waals surface area contributed by atoms with Crippen LogP contribution in [0.4, 0.5) is 4.79 Å². The van der Waals surface area contributed by atoms with Gasteiger partial charge in [0.25, 0.3) is 5.91 Å². The first-order valence-electron chi connectivity index (χ1n) is 11.1. The van der Waals surface area contributed by atoms with Crippen molar-refractivity contribution < 1.29 is 29.3 Å². The zero-order valence-corrected chi connectivity index (χ0v) is 19.0. The summed E-state index contributed by atoms with van der Waals surface area (Å²) in [6.45, 7) is 1.46. The first kappa shape index (κ1) is 23.9. The van der Waals surface area contributed by atoms with Crippen LogP contribution < -0.4 is 10.6 Å². The van der Waals surface area contributed by atoms with Crippen LogP contribution in [0.15, 0.2) is 66.9 Å². The third-order valence-electron chi connectivity index (χ3n) is 5.87. The first-order valence-corrected chi connectivity index (χ1v) is 11.1. The number of aromatic nitrogens is 1. The summed E-state index contributed by atoms with van der Waals surface area (Å²) in [7, 11) is 0. The standard InChI is InChI=1S/C26H25N3O6/c1-15(30)23(25(32)33)29-24(31)16-10-11-27-17(12-16)13-28-26(34)35-14-22-20-8-4-2-6-18(20)19-7-3-5-9-21(19)22/h2-12,15,22-23,30H,13-14H2,1H3,(H,28,34)(H,29,31)(H,32,33). The van der Waals surface area contributed by atoms with E-state index in [2.05, 4.69) is 27.8 Å². The molecule has 2 aromatic carbocycles. The molecule has 2 unspecified atom stereocenters. The van der Waals surface area contributed by atoms with Gasteiger partial charge in [0.1, 0.15) is 6.61 Å². The number of aliphatic hydroxyl groups is 1. The highest BCUT2D eigenvalue weighted by molar-refractivity contribution is 5.96. The molecule has 1 aliphatic rings. The van der Waals surface area contributed by atoms with Crippen LogP contribution in [0.3, 0.4) is 0 Å². The Bertz CT molecular complexity index is 1210. The van der Waals surface area contributed by atoms with E-state index in [4.69, 9.17) is 9.84 Å². The van der Waals surface area contributed by atoms with Gasteiger partial charge in [-0.15, -0.1) is 0 Å². The summed E-state index contributed by atoms with van der Waals surface area (Å²) < 4.78 is 5.49. The maximum Gasteiger partial charge on any atom is 0.407 e. The lowest BCUT2D eigenvalue weighted by Gasteiger charge is -2.17. The van der Waals surface area contributed by atoms with Crippen molar-refractivity contribution in [2.45, 2.75) is 31.5 Å². The molecule has 0 saturated heterocycles. The van der Waals surface area contributed by atoms with Crippen molar-refractivity contribution in [1.82, 2.24) is 15.6 Å². The van der Waals surface area contributed by atoms with Crippen molar-refractivity contribution in [3.8, 4) is 11.1 Å².